The molecule has 0 aromatic heterocycles. The number of hydrogen-bond acceptors (Lipinski definition) is 2. The van der Waals surface area contributed by atoms with E-state index in [0.717, 1.165) is 0 Å². The monoisotopic (exact) mass is 328 g/mol. The van der Waals surface area contributed by atoms with E-state index in [1.54, 1.807) is 6.07 Å². The highest BCUT2D eigenvalue weighted by Crippen LogP contribution is 2.29. The van der Waals surface area contributed by atoms with Crippen LogP contribution in [0.1, 0.15) is 17.2 Å². The van der Waals surface area contributed by atoms with Crippen LogP contribution in [-0.4, -0.2) is 12.2 Å². The number of rotatable bonds is 3. The molecule has 0 spiro atoms. The fraction of sp³-hybridized carbons (Fsp3) is 0.143. The molecule has 1 N–H and O–H groups in total. The van der Waals surface area contributed by atoms with Gasteiger partial charge in [-0.05, 0) is 45.8 Å². The molecule has 0 amide bonds. The third-order valence-electron chi connectivity index (χ3n) is 2.76. The zero-order valence-corrected chi connectivity index (χ0v) is 11.6. The number of methoxy groups -OCH3 is 1. The molecule has 2 aromatic carbocycles. The third-order valence-corrected chi connectivity index (χ3v) is 3.37. The standard InChI is InChI=1S/C14H11BrF2O2/c1-19-9-3-4-10(13(17)7-9)14(18)8-2-5-12(16)11(15)6-8/h2-7,14,18H,1H3. The SMILES string of the molecule is COc1ccc(C(O)c2ccc(F)c(Br)c2)c(F)c1. The van der Waals surface area contributed by atoms with Gasteiger partial charge in [0.2, 0.25) is 0 Å². The lowest BCUT2D eigenvalue weighted by Gasteiger charge is -2.13. The highest BCUT2D eigenvalue weighted by molar-refractivity contribution is 9.10. The van der Waals surface area contributed by atoms with Crippen LogP contribution in [0.3, 0.4) is 0 Å². The first-order valence-electron chi connectivity index (χ1n) is 5.49. The highest BCUT2D eigenvalue weighted by Gasteiger charge is 2.16. The molecule has 100 valence electrons. The summed E-state index contributed by atoms with van der Waals surface area (Å²) in [7, 11) is 1.43. The van der Waals surface area contributed by atoms with Crippen molar-refractivity contribution in [3.05, 3.63) is 63.6 Å². The lowest BCUT2D eigenvalue weighted by molar-refractivity contribution is 0.214. The number of aliphatic hydroxyl groups is 1. The Labute approximate surface area is 117 Å². The first kappa shape index (κ1) is 14.0. The maximum Gasteiger partial charge on any atom is 0.137 e. The largest absolute Gasteiger partial charge is 0.497 e. The molecule has 5 heteroatoms. The maximum atomic E-state index is 13.8. The van der Waals surface area contributed by atoms with E-state index in [-0.39, 0.29) is 10.0 Å². The molecule has 0 fully saturated rings. The van der Waals surface area contributed by atoms with E-state index in [0.29, 0.717) is 11.3 Å². The molecule has 0 saturated heterocycles. The van der Waals surface area contributed by atoms with Crippen molar-refractivity contribution in [2.45, 2.75) is 6.10 Å². The molecule has 0 radical (unpaired) electrons. The third kappa shape index (κ3) is 2.93. The Kier molecular flexibility index (Phi) is 4.17. The summed E-state index contributed by atoms with van der Waals surface area (Å²) in [4.78, 5) is 0. The Hall–Kier alpha value is -1.46. The van der Waals surface area contributed by atoms with Crippen molar-refractivity contribution < 1.29 is 18.6 Å². The van der Waals surface area contributed by atoms with Crippen molar-refractivity contribution in [3.8, 4) is 5.75 Å². The summed E-state index contributed by atoms with van der Waals surface area (Å²) in [5, 5.41) is 10.1. The van der Waals surface area contributed by atoms with Gasteiger partial charge in [-0.15, -0.1) is 0 Å². The Balaban J connectivity index is 2.38. The minimum Gasteiger partial charge on any atom is -0.497 e. The number of ether oxygens (including phenoxy) is 1. The van der Waals surface area contributed by atoms with Crippen LogP contribution in [0.4, 0.5) is 8.78 Å². The molecule has 19 heavy (non-hydrogen) atoms. The molecular weight excluding hydrogens is 318 g/mol. The number of halogens is 3. The summed E-state index contributed by atoms with van der Waals surface area (Å²) in [6.45, 7) is 0. The molecule has 0 aliphatic heterocycles. The van der Waals surface area contributed by atoms with Crippen molar-refractivity contribution in [2.24, 2.45) is 0 Å². The second-order valence-corrected chi connectivity index (χ2v) is 4.82. The fourth-order valence-corrected chi connectivity index (χ4v) is 2.12. The van der Waals surface area contributed by atoms with Gasteiger partial charge in [-0.3, -0.25) is 0 Å². The van der Waals surface area contributed by atoms with Gasteiger partial charge in [0.1, 0.15) is 23.5 Å². The van der Waals surface area contributed by atoms with Crippen LogP contribution >= 0.6 is 15.9 Å². The molecule has 0 saturated carbocycles. The number of aliphatic hydroxyl groups excluding tert-OH is 1. The van der Waals surface area contributed by atoms with Crippen LogP contribution in [-0.2, 0) is 0 Å². The predicted molar refractivity (Wildman–Crippen MR) is 71.1 cm³/mol. The molecular formula is C14H11BrF2O2. The second kappa shape index (κ2) is 5.67. The second-order valence-electron chi connectivity index (χ2n) is 3.96. The van der Waals surface area contributed by atoms with Crippen molar-refractivity contribution in [1.82, 2.24) is 0 Å². The summed E-state index contributed by atoms with van der Waals surface area (Å²) in [5.41, 5.74) is 0.511. The van der Waals surface area contributed by atoms with E-state index in [4.69, 9.17) is 4.74 Å². The Morgan fingerprint density at radius 2 is 1.84 bits per heavy atom. The summed E-state index contributed by atoms with van der Waals surface area (Å²) in [5.74, 6) is -0.646. The fourth-order valence-electron chi connectivity index (χ4n) is 1.72. The van der Waals surface area contributed by atoms with Crippen LogP contribution in [0.15, 0.2) is 40.9 Å². The molecule has 2 nitrogen and oxygen atoms in total. The van der Waals surface area contributed by atoms with Gasteiger partial charge in [-0.1, -0.05) is 6.07 Å². The van der Waals surface area contributed by atoms with Gasteiger partial charge in [0, 0.05) is 11.6 Å². The van der Waals surface area contributed by atoms with E-state index in [9.17, 15) is 13.9 Å². The lowest BCUT2D eigenvalue weighted by atomic mass is 10.0. The lowest BCUT2D eigenvalue weighted by Crippen LogP contribution is -2.03. The summed E-state index contributed by atoms with van der Waals surface area (Å²) in [6.07, 6.45) is -1.16. The smallest absolute Gasteiger partial charge is 0.137 e. The maximum absolute atomic E-state index is 13.8. The Morgan fingerprint density at radius 3 is 2.42 bits per heavy atom. The van der Waals surface area contributed by atoms with Gasteiger partial charge in [0.25, 0.3) is 0 Å². The molecule has 0 aliphatic rings. The average molecular weight is 329 g/mol. The topological polar surface area (TPSA) is 29.5 Å². The van der Waals surface area contributed by atoms with E-state index in [1.807, 2.05) is 0 Å². The number of benzene rings is 2. The molecule has 2 aromatic rings. The van der Waals surface area contributed by atoms with Gasteiger partial charge < -0.3 is 9.84 Å². The average Bonchev–Trinajstić information content (AvgIpc) is 2.41. The Bertz CT molecular complexity index is 602. The minimum absolute atomic E-state index is 0.110. The van der Waals surface area contributed by atoms with Gasteiger partial charge in [0.05, 0.1) is 11.6 Å². The molecule has 2 rings (SSSR count). The molecule has 1 atom stereocenters. The van der Waals surface area contributed by atoms with E-state index >= 15 is 0 Å². The predicted octanol–water partition coefficient (Wildman–Crippen LogP) is 3.82. The van der Waals surface area contributed by atoms with Gasteiger partial charge in [-0.25, -0.2) is 8.78 Å². The van der Waals surface area contributed by atoms with Crippen LogP contribution in [0.5, 0.6) is 5.75 Å². The highest BCUT2D eigenvalue weighted by atomic mass is 79.9. The summed E-state index contributed by atoms with van der Waals surface area (Å²) < 4.78 is 32.1. The van der Waals surface area contributed by atoms with Crippen LogP contribution in [0.25, 0.3) is 0 Å². The van der Waals surface area contributed by atoms with Crippen LogP contribution in [0, 0.1) is 11.6 Å². The zero-order valence-electron chi connectivity index (χ0n) is 10.0. The first-order valence-corrected chi connectivity index (χ1v) is 6.28. The van der Waals surface area contributed by atoms with Gasteiger partial charge in [0.15, 0.2) is 0 Å². The molecule has 0 bridgehead atoms. The molecule has 1 unspecified atom stereocenters. The van der Waals surface area contributed by atoms with Crippen molar-refractivity contribution >= 4 is 15.9 Å². The quantitative estimate of drug-likeness (QED) is 0.928. The first-order chi connectivity index (χ1) is 9.02. The van der Waals surface area contributed by atoms with Crippen molar-refractivity contribution in [2.75, 3.05) is 7.11 Å². The van der Waals surface area contributed by atoms with Crippen molar-refractivity contribution in [3.63, 3.8) is 0 Å². The van der Waals surface area contributed by atoms with Gasteiger partial charge >= 0.3 is 0 Å². The van der Waals surface area contributed by atoms with Gasteiger partial charge in [-0.2, -0.15) is 0 Å². The minimum atomic E-state index is -1.16. The molecule has 0 heterocycles. The zero-order chi connectivity index (χ0) is 14.0. The summed E-state index contributed by atoms with van der Waals surface area (Å²) >= 11 is 3.03. The normalized spacial score (nSPS) is 12.3. The summed E-state index contributed by atoms with van der Waals surface area (Å²) in [6, 6.07) is 8.23. The molecule has 0 aliphatic carbocycles. The van der Waals surface area contributed by atoms with E-state index in [2.05, 4.69) is 15.9 Å². The number of hydrogen-bond donors (Lipinski definition) is 1. The van der Waals surface area contributed by atoms with Crippen LogP contribution in [0.2, 0.25) is 0 Å². The van der Waals surface area contributed by atoms with E-state index < -0.39 is 17.7 Å². The Morgan fingerprint density at radius 1 is 1.11 bits per heavy atom. The van der Waals surface area contributed by atoms with E-state index in [1.165, 1.54) is 37.4 Å². The van der Waals surface area contributed by atoms with Crippen LogP contribution < -0.4 is 4.74 Å². The van der Waals surface area contributed by atoms with Crippen molar-refractivity contribution in [1.29, 1.82) is 0 Å².